The van der Waals surface area contributed by atoms with Crippen LogP contribution in [0.3, 0.4) is 0 Å². The van der Waals surface area contributed by atoms with Crippen molar-refractivity contribution in [2.24, 2.45) is 10.7 Å². The molecule has 3 N–H and O–H groups in total. The summed E-state index contributed by atoms with van der Waals surface area (Å²) in [6.07, 6.45) is 1.72. The fourth-order valence-corrected chi connectivity index (χ4v) is 5.51. The smallest absolute Gasteiger partial charge is 0.259 e. The van der Waals surface area contributed by atoms with Gasteiger partial charge in [-0.15, -0.1) is 24.0 Å². The minimum absolute atomic E-state index is 0.187. The molecule has 8 heteroatoms. The van der Waals surface area contributed by atoms with Crippen LogP contribution in [0.25, 0.3) is 37.1 Å². The van der Waals surface area contributed by atoms with E-state index in [1.54, 1.807) is 11.3 Å². The topological polar surface area (TPSA) is 89.5 Å². The summed E-state index contributed by atoms with van der Waals surface area (Å²) in [5.74, 6) is -0.806. The van der Waals surface area contributed by atoms with Gasteiger partial charge in [-0.1, -0.05) is 43.3 Å². The van der Waals surface area contributed by atoms with Crippen molar-refractivity contribution in [2.45, 2.75) is 19.5 Å². The van der Waals surface area contributed by atoms with Crippen molar-refractivity contribution in [3.8, 4) is 10.6 Å². The Morgan fingerprint density at radius 2 is 1.94 bits per heavy atom. The summed E-state index contributed by atoms with van der Waals surface area (Å²) in [7, 11) is 0. The Bertz CT molecular complexity index is 1420. The monoisotopic (exact) mass is 460 g/mol. The highest BCUT2D eigenvalue weighted by Crippen LogP contribution is 2.45. The second-order valence-corrected chi connectivity index (χ2v) is 9.05. The first-order valence-corrected chi connectivity index (χ1v) is 11.5. The zero-order valence-corrected chi connectivity index (χ0v) is 18.9. The number of carbonyl (C=O) groups excluding carboxylic acids is 2. The average molecular weight is 461 g/mol. The summed E-state index contributed by atoms with van der Waals surface area (Å²) in [6.45, 7) is 2.03. The SMILES string of the molecule is CCC(N=C(N)S)n1c(-c2cc3ccccc3s2)c(C2=CC(=O)NC2=O)c2ccccc21. The van der Waals surface area contributed by atoms with Gasteiger partial charge in [-0.3, -0.25) is 14.9 Å². The molecule has 0 saturated heterocycles. The third-order valence-corrected chi connectivity index (χ3v) is 6.78. The number of imide groups is 1. The zero-order valence-electron chi connectivity index (χ0n) is 17.2. The van der Waals surface area contributed by atoms with Crippen molar-refractivity contribution in [3.05, 3.63) is 66.2 Å². The summed E-state index contributed by atoms with van der Waals surface area (Å²) in [4.78, 5) is 30.3. The maximum atomic E-state index is 12.7. The van der Waals surface area contributed by atoms with E-state index in [-0.39, 0.29) is 11.3 Å². The molecule has 1 aliphatic rings. The van der Waals surface area contributed by atoms with E-state index in [0.29, 0.717) is 12.0 Å². The van der Waals surface area contributed by atoms with E-state index >= 15 is 0 Å². The molecule has 0 fully saturated rings. The highest BCUT2D eigenvalue weighted by atomic mass is 32.1. The number of fused-ring (bicyclic) bond motifs is 2. The zero-order chi connectivity index (χ0) is 22.4. The Morgan fingerprint density at radius 1 is 1.19 bits per heavy atom. The van der Waals surface area contributed by atoms with Crippen LogP contribution in [-0.2, 0) is 9.59 Å². The second-order valence-electron chi connectivity index (χ2n) is 7.51. The van der Waals surface area contributed by atoms with E-state index < -0.39 is 11.8 Å². The lowest BCUT2D eigenvalue weighted by Crippen LogP contribution is -2.21. The lowest BCUT2D eigenvalue weighted by atomic mass is 10.0. The number of carbonyl (C=O) groups is 2. The molecule has 0 aliphatic carbocycles. The number of aromatic nitrogens is 1. The number of amidine groups is 1. The quantitative estimate of drug-likeness (QED) is 0.174. The standard InChI is InChI=1S/C24H20N4O2S2/c1-2-19(26-24(25)31)28-16-9-5-4-8-14(16)21(15-12-20(29)27-23(15)30)22(28)18-11-13-7-3-6-10-17(13)32-18/h3-12,19H,2H2,1H3,(H3,25,26,31)(H,27,29,30). The Hall–Kier alpha value is -3.36. The average Bonchev–Trinajstić information content (AvgIpc) is 3.44. The minimum atomic E-state index is -0.409. The van der Waals surface area contributed by atoms with Gasteiger partial charge in [0.2, 0.25) is 0 Å². The predicted octanol–water partition coefficient (Wildman–Crippen LogP) is 4.72. The Balaban J connectivity index is 1.93. The van der Waals surface area contributed by atoms with Crippen LogP contribution in [-0.4, -0.2) is 21.5 Å². The molecule has 0 saturated carbocycles. The van der Waals surface area contributed by atoms with E-state index in [2.05, 4.69) is 45.7 Å². The first-order chi connectivity index (χ1) is 15.5. The molecule has 2 aromatic heterocycles. The largest absolute Gasteiger partial charge is 0.379 e. The Labute approximate surface area is 193 Å². The van der Waals surface area contributed by atoms with Crippen LogP contribution in [0.15, 0.2) is 65.7 Å². The number of thiophene rings is 1. The van der Waals surface area contributed by atoms with Gasteiger partial charge in [0.1, 0.15) is 6.17 Å². The van der Waals surface area contributed by atoms with Crippen molar-refractivity contribution in [1.82, 2.24) is 9.88 Å². The molecule has 2 amide bonds. The first kappa shape index (κ1) is 20.5. The number of hydrogen-bond acceptors (Lipinski definition) is 4. The number of nitrogens with two attached hydrogens (primary N) is 1. The molecule has 6 nitrogen and oxygen atoms in total. The van der Waals surface area contributed by atoms with Gasteiger partial charge in [0, 0.05) is 21.7 Å². The van der Waals surface area contributed by atoms with E-state index in [9.17, 15) is 9.59 Å². The summed E-state index contributed by atoms with van der Waals surface area (Å²) in [6, 6.07) is 18.1. The van der Waals surface area contributed by atoms with Crippen molar-refractivity contribution in [2.75, 3.05) is 0 Å². The van der Waals surface area contributed by atoms with Crippen LogP contribution in [0.2, 0.25) is 0 Å². The Kier molecular flexibility index (Phi) is 5.11. The molecule has 3 heterocycles. The van der Waals surface area contributed by atoms with Gasteiger partial charge in [0.25, 0.3) is 11.8 Å². The first-order valence-electron chi connectivity index (χ1n) is 10.2. The maximum Gasteiger partial charge on any atom is 0.259 e. The maximum absolute atomic E-state index is 12.7. The third kappa shape index (κ3) is 3.32. The lowest BCUT2D eigenvalue weighted by molar-refractivity contribution is -0.123. The van der Waals surface area contributed by atoms with Crippen LogP contribution in [0.1, 0.15) is 25.1 Å². The fraction of sp³-hybridized carbons (Fsp3) is 0.125. The molecule has 1 unspecified atom stereocenters. The van der Waals surface area contributed by atoms with Gasteiger partial charge >= 0.3 is 0 Å². The number of amides is 2. The molecule has 4 aromatic rings. The van der Waals surface area contributed by atoms with Gasteiger partial charge in [-0.05, 0) is 30.0 Å². The van der Waals surface area contributed by atoms with Gasteiger partial charge < -0.3 is 10.3 Å². The fourth-order valence-electron chi connectivity index (χ4n) is 4.27. The van der Waals surface area contributed by atoms with Crippen molar-refractivity contribution >= 4 is 67.5 Å². The third-order valence-electron chi connectivity index (χ3n) is 5.54. The minimum Gasteiger partial charge on any atom is -0.379 e. The lowest BCUT2D eigenvalue weighted by Gasteiger charge is -2.18. The second kappa shape index (κ2) is 7.96. The van der Waals surface area contributed by atoms with E-state index in [4.69, 9.17) is 5.73 Å². The van der Waals surface area contributed by atoms with Crippen LogP contribution in [0, 0.1) is 0 Å². The van der Waals surface area contributed by atoms with E-state index in [1.807, 2.05) is 43.3 Å². The van der Waals surface area contributed by atoms with E-state index in [0.717, 1.165) is 37.1 Å². The van der Waals surface area contributed by atoms with Gasteiger partial charge in [-0.25, -0.2) is 4.99 Å². The number of para-hydroxylation sites is 1. The molecule has 0 spiro atoms. The molecule has 32 heavy (non-hydrogen) atoms. The number of benzene rings is 2. The highest BCUT2D eigenvalue weighted by Gasteiger charge is 2.31. The molecular weight excluding hydrogens is 440 g/mol. The molecule has 160 valence electrons. The number of hydrogen-bond donors (Lipinski definition) is 3. The van der Waals surface area contributed by atoms with Crippen molar-refractivity contribution < 1.29 is 9.59 Å². The van der Waals surface area contributed by atoms with Gasteiger partial charge in [-0.2, -0.15) is 0 Å². The molecule has 2 aromatic carbocycles. The van der Waals surface area contributed by atoms with Gasteiger partial charge in [0.05, 0.1) is 21.7 Å². The molecular formula is C24H20N4O2S2. The van der Waals surface area contributed by atoms with Crippen LogP contribution < -0.4 is 11.1 Å². The van der Waals surface area contributed by atoms with Crippen LogP contribution >= 0.6 is 24.0 Å². The number of thiol groups is 1. The summed E-state index contributed by atoms with van der Waals surface area (Å²) >= 11 is 5.85. The predicted molar refractivity (Wildman–Crippen MR) is 134 cm³/mol. The molecule has 0 bridgehead atoms. The number of rotatable bonds is 5. The summed E-state index contributed by atoms with van der Waals surface area (Å²) < 4.78 is 3.24. The van der Waals surface area contributed by atoms with Crippen LogP contribution in [0.4, 0.5) is 0 Å². The van der Waals surface area contributed by atoms with Crippen LogP contribution in [0.5, 0.6) is 0 Å². The summed E-state index contributed by atoms with van der Waals surface area (Å²) in [5.41, 5.74) is 8.69. The summed E-state index contributed by atoms with van der Waals surface area (Å²) in [5, 5.41) is 4.56. The molecule has 5 rings (SSSR count). The normalized spacial score (nSPS) is 15.4. The number of aliphatic imine (C=N–C) groups is 1. The van der Waals surface area contributed by atoms with Crippen molar-refractivity contribution in [1.29, 1.82) is 0 Å². The van der Waals surface area contributed by atoms with E-state index in [1.165, 1.54) is 6.08 Å². The number of nitrogens with one attached hydrogen (secondary N) is 1. The molecule has 1 atom stereocenters. The van der Waals surface area contributed by atoms with Gasteiger partial charge in [0.15, 0.2) is 5.17 Å². The Morgan fingerprint density at radius 3 is 2.62 bits per heavy atom. The molecule has 1 aliphatic heterocycles. The van der Waals surface area contributed by atoms with Crippen molar-refractivity contribution in [3.63, 3.8) is 0 Å². The number of nitrogens with zero attached hydrogens (tertiary/aromatic N) is 2. The highest BCUT2D eigenvalue weighted by molar-refractivity contribution is 7.96. The molecule has 0 radical (unpaired) electrons.